The molecule has 2 aliphatic rings. The summed E-state index contributed by atoms with van der Waals surface area (Å²) in [6.45, 7) is 6.59. The Morgan fingerprint density at radius 2 is 1.83 bits per heavy atom. The molecule has 2 fully saturated rings. The van der Waals surface area contributed by atoms with E-state index < -0.39 is 0 Å². The quantitative estimate of drug-likeness (QED) is 0.802. The van der Waals surface area contributed by atoms with Gasteiger partial charge in [0.15, 0.2) is 0 Å². The van der Waals surface area contributed by atoms with Gasteiger partial charge >= 0.3 is 0 Å². The lowest BCUT2D eigenvalue weighted by atomic mass is 9.82. The van der Waals surface area contributed by atoms with Crippen molar-refractivity contribution in [3.8, 4) is 0 Å². The van der Waals surface area contributed by atoms with Crippen LogP contribution in [0.25, 0.3) is 0 Å². The second-order valence-corrected chi connectivity index (χ2v) is 5.83. The van der Waals surface area contributed by atoms with Gasteiger partial charge in [0.05, 0.1) is 0 Å². The van der Waals surface area contributed by atoms with E-state index in [-0.39, 0.29) is 0 Å². The molecule has 1 saturated heterocycles. The molecule has 1 aliphatic heterocycles. The van der Waals surface area contributed by atoms with Gasteiger partial charge in [-0.25, -0.2) is 9.97 Å². The van der Waals surface area contributed by atoms with Gasteiger partial charge in [-0.05, 0) is 38.0 Å². The van der Waals surface area contributed by atoms with E-state index >= 15 is 0 Å². The lowest BCUT2D eigenvalue weighted by Gasteiger charge is -2.22. The predicted molar refractivity (Wildman–Crippen MR) is 73.8 cm³/mol. The molecular formula is C15H23N3. The topological polar surface area (TPSA) is 29.0 Å². The van der Waals surface area contributed by atoms with Gasteiger partial charge in [0, 0.05) is 24.8 Å². The number of aryl methyl sites for hydroxylation is 2. The van der Waals surface area contributed by atoms with Gasteiger partial charge in [-0.2, -0.15) is 0 Å². The van der Waals surface area contributed by atoms with Gasteiger partial charge in [-0.1, -0.05) is 19.8 Å². The van der Waals surface area contributed by atoms with Crippen LogP contribution in [0.1, 0.15) is 44.1 Å². The predicted octanol–water partition coefficient (Wildman–Crippen LogP) is 2.97. The van der Waals surface area contributed by atoms with Gasteiger partial charge in [-0.3, -0.25) is 0 Å². The highest BCUT2D eigenvalue weighted by atomic mass is 15.2. The van der Waals surface area contributed by atoms with Gasteiger partial charge in [0.25, 0.3) is 0 Å². The van der Waals surface area contributed by atoms with Crippen molar-refractivity contribution in [1.29, 1.82) is 0 Å². The standard InChI is InChI=1S/C15H23N3/c1-3-14-8-15(17-11(2)16-14)18-9-12-6-4-5-7-13(12)10-18/h8,12-13H,3-7,9-10H2,1-2H3. The normalized spacial score (nSPS) is 27.3. The molecule has 0 radical (unpaired) electrons. The molecule has 0 aromatic carbocycles. The van der Waals surface area contributed by atoms with E-state index in [0.29, 0.717) is 0 Å². The number of anilines is 1. The highest BCUT2D eigenvalue weighted by Crippen LogP contribution is 2.37. The Morgan fingerprint density at radius 1 is 1.17 bits per heavy atom. The zero-order valence-electron chi connectivity index (χ0n) is 11.5. The van der Waals surface area contributed by atoms with E-state index in [1.165, 1.54) is 44.5 Å². The molecule has 3 rings (SSSR count). The summed E-state index contributed by atoms with van der Waals surface area (Å²) in [6.07, 6.45) is 6.70. The highest BCUT2D eigenvalue weighted by Gasteiger charge is 2.34. The monoisotopic (exact) mass is 245 g/mol. The number of rotatable bonds is 2. The van der Waals surface area contributed by atoms with Crippen LogP contribution in [0.15, 0.2) is 6.07 Å². The average molecular weight is 245 g/mol. The molecule has 2 heterocycles. The van der Waals surface area contributed by atoms with Crippen LogP contribution in [0.3, 0.4) is 0 Å². The highest BCUT2D eigenvalue weighted by molar-refractivity contribution is 5.41. The Labute approximate surface area is 110 Å². The molecule has 18 heavy (non-hydrogen) atoms. The largest absolute Gasteiger partial charge is 0.356 e. The molecule has 0 N–H and O–H groups in total. The van der Waals surface area contributed by atoms with Crippen molar-refractivity contribution >= 4 is 5.82 Å². The maximum absolute atomic E-state index is 4.64. The summed E-state index contributed by atoms with van der Waals surface area (Å²) in [7, 11) is 0. The van der Waals surface area contributed by atoms with Crippen LogP contribution in [0.5, 0.6) is 0 Å². The molecule has 1 saturated carbocycles. The molecule has 0 spiro atoms. The van der Waals surface area contributed by atoms with Crippen molar-refractivity contribution in [1.82, 2.24) is 9.97 Å². The zero-order valence-corrected chi connectivity index (χ0v) is 11.5. The van der Waals surface area contributed by atoms with Crippen molar-refractivity contribution < 1.29 is 0 Å². The summed E-state index contributed by atoms with van der Waals surface area (Å²) in [6, 6.07) is 2.18. The molecular weight excluding hydrogens is 222 g/mol. The van der Waals surface area contributed by atoms with Crippen molar-refractivity contribution in [3.63, 3.8) is 0 Å². The summed E-state index contributed by atoms with van der Waals surface area (Å²) in [5.41, 5.74) is 1.17. The minimum atomic E-state index is 0.916. The second-order valence-electron chi connectivity index (χ2n) is 5.83. The molecule has 1 aromatic rings. The van der Waals surface area contributed by atoms with E-state index in [0.717, 1.165) is 29.9 Å². The Hall–Kier alpha value is -1.12. The van der Waals surface area contributed by atoms with E-state index in [2.05, 4.69) is 27.9 Å². The number of hydrogen-bond donors (Lipinski definition) is 0. The smallest absolute Gasteiger partial charge is 0.132 e. The molecule has 0 amide bonds. The van der Waals surface area contributed by atoms with Crippen molar-refractivity contribution in [3.05, 3.63) is 17.6 Å². The maximum atomic E-state index is 4.64. The molecule has 98 valence electrons. The van der Waals surface area contributed by atoms with E-state index in [4.69, 9.17) is 0 Å². The fourth-order valence-corrected chi connectivity index (χ4v) is 3.55. The van der Waals surface area contributed by atoms with Crippen LogP contribution in [0.4, 0.5) is 5.82 Å². The lowest BCUT2D eigenvalue weighted by molar-refractivity contribution is 0.299. The average Bonchev–Trinajstić information content (AvgIpc) is 2.81. The van der Waals surface area contributed by atoms with Crippen LogP contribution in [0, 0.1) is 18.8 Å². The fraction of sp³-hybridized carbons (Fsp3) is 0.733. The zero-order chi connectivity index (χ0) is 12.5. The Morgan fingerprint density at radius 3 is 2.44 bits per heavy atom. The summed E-state index contributed by atoms with van der Waals surface area (Å²) < 4.78 is 0. The van der Waals surface area contributed by atoms with Gasteiger partial charge in [0.1, 0.15) is 11.6 Å². The van der Waals surface area contributed by atoms with Crippen LogP contribution in [-0.2, 0) is 6.42 Å². The SMILES string of the molecule is CCc1cc(N2CC3CCCCC3C2)nc(C)n1. The Balaban J connectivity index is 1.81. The summed E-state index contributed by atoms with van der Waals surface area (Å²) in [4.78, 5) is 11.6. The minimum Gasteiger partial charge on any atom is -0.356 e. The molecule has 3 nitrogen and oxygen atoms in total. The third-order valence-electron chi connectivity index (χ3n) is 4.54. The Kier molecular flexibility index (Phi) is 3.23. The third kappa shape index (κ3) is 2.23. The van der Waals surface area contributed by atoms with E-state index in [1.54, 1.807) is 0 Å². The summed E-state index contributed by atoms with van der Waals surface area (Å²) in [5, 5.41) is 0. The first-order chi connectivity index (χ1) is 8.76. The second kappa shape index (κ2) is 4.87. The molecule has 3 heteroatoms. The molecule has 1 aliphatic carbocycles. The van der Waals surface area contributed by atoms with Crippen LogP contribution < -0.4 is 4.90 Å². The summed E-state index contributed by atoms with van der Waals surface area (Å²) >= 11 is 0. The van der Waals surface area contributed by atoms with Gasteiger partial charge in [-0.15, -0.1) is 0 Å². The summed E-state index contributed by atoms with van der Waals surface area (Å²) in [5.74, 6) is 3.91. The first kappa shape index (κ1) is 11.9. The molecule has 1 aromatic heterocycles. The first-order valence-corrected chi connectivity index (χ1v) is 7.35. The van der Waals surface area contributed by atoms with Crippen LogP contribution >= 0.6 is 0 Å². The lowest BCUT2D eigenvalue weighted by Crippen LogP contribution is -2.21. The Bertz CT molecular complexity index is 416. The maximum Gasteiger partial charge on any atom is 0.132 e. The fourth-order valence-electron chi connectivity index (χ4n) is 3.55. The minimum absolute atomic E-state index is 0.916. The van der Waals surface area contributed by atoms with E-state index in [9.17, 15) is 0 Å². The number of aromatic nitrogens is 2. The van der Waals surface area contributed by atoms with Gasteiger partial charge in [0.2, 0.25) is 0 Å². The molecule has 0 bridgehead atoms. The molecule has 2 atom stereocenters. The van der Waals surface area contributed by atoms with E-state index in [1.807, 2.05) is 6.92 Å². The van der Waals surface area contributed by atoms with Crippen molar-refractivity contribution in [2.45, 2.75) is 46.0 Å². The van der Waals surface area contributed by atoms with Crippen molar-refractivity contribution in [2.75, 3.05) is 18.0 Å². The van der Waals surface area contributed by atoms with Gasteiger partial charge < -0.3 is 4.90 Å². The number of fused-ring (bicyclic) bond motifs is 1. The van der Waals surface area contributed by atoms with Crippen molar-refractivity contribution in [2.24, 2.45) is 11.8 Å². The number of nitrogens with zero attached hydrogens (tertiary/aromatic N) is 3. The molecule has 2 unspecified atom stereocenters. The third-order valence-corrected chi connectivity index (χ3v) is 4.54. The number of hydrogen-bond acceptors (Lipinski definition) is 3. The first-order valence-electron chi connectivity index (χ1n) is 7.35. The van der Waals surface area contributed by atoms with Crippen LogP contribution in [0.2, 0.25) is 0 Å². The van der Waals surface area contributed by atoms with Crippen LogP contribution in [-0.4, -0.2) is 23.1 Å².